The first kappa shape index (κ1) is 15.8. The number of rotatable bonds is 6. The van der Waals surface area contributed by atoms with Gasteiger partial charge in [0.2, 0.25) is 0 Å². The van der Waals surface area contributed by atoms with Crippen molar-refractivity contribution in [1.82, 2.24) is 14.5 Å². The number of hydrogen-bond acceptors (Lipinski definition) is 2. The Hall–Kier alpha value is -0.550. The molecule has 3 nitrogen and oxygen atoms in total. The zero-order chi connectivity index (χ0) is 14.7. The maximum Gasteiger partial charge on any atom is 0.178 e. The predicted octanol–water partition coefficient (Wildman–Crippen LogP) is 4.74. The lowest BCUT2D eigenvalue weighted by atomic mass is 10.3. The van der Waals surface area contributed by atoms with Gasteiger partial charge in [0, 0.05) is 13.1 Å². The van der Waals surface area contributed by atoms with Gasteiger partial charge in [0.25, 0.3) is 0 Å². The van der Waals surface area contributed by atoms with E-state index in [9.17, 15) is 0 Å². The largest absolute Gasteiger partial charge is 0.331 e. The Morgan fingerprint density at radius 1 is 1.20 bits per heavy atom. The molecule has 1 aromatic carbocycles. The number of H-pyrrole nitrogens is 1. The summed E-state index contributed by atoms with van der Waals surface area (Å²) in [5.41, 5.74) is 1.94. The molecule has 0 saturated carbocycles. The molecule has 1 aromatic heterocycles. The van der Waals surface area contributed by atoms with Crippen molar-refractivity contribution >= 4 is 46.5 Å². The molecular weight excluding hydrogens is 313 g/mol. The summed E-state index contributed by atoms with van der Waals surface area (Å²) in [6, 6.07) is 3.71. The van der Waals surface area contributed by atoms with Crippen LogP contribution in [0.4, 0.5) is 0 Å². The van der Waals surface area contributed by atoms with Gasteiger partial charge in [-0.2, -0.15) is 0 Å². The normalized spacial score (nSPS) is 11.7. The van der Waals surface area contributed by atoms with E-state index in [2.05, 4.69) is 28.3 Å². The molecule has 0 aliphatic rings. The van der Waals surface area contributed by atoms with Crippen molar-refractivity contribution in [2.24, 2.45) is 0 Å². The summed E-state index contributed by atoms with van der Waals surface area (Å²) in [6.07, 6.45) is 1.16. The Bertz CT molecular complexity index is 648. The highest BCUT2D eigenvalue weighted by molar-refractivity contribution is 7.71. The minimum Gasteiger partial charge on any atom is -0.331 e. The van der Waals surface area contributed by atoms with Gasteiger partial charge in [0.15, 0.2) is 4.77 Å². The zero-order valence-corrected chi connectivity index (χ0v) is 14.1. The van der Waals surface area contributed by atoms with Crippen LogP contribution < -0.4 is 0 Å². The van der Waals surface area contributed by atoms with Crippen LogP contribution in [-0.2, 0) is 6.54 Å². The summed E-state index contributed by atoms with van der Waals surface area (Å²) in [7, 11) is 0. The molecule has 0 amide bonds. The third-order valence-electron chi connectivity index (χ3n) is 3.44. The summed E-state index contributed by atoms with van der Waals surface area (Å²) in [6.45, 7) is 8.37. The average Bonchev–Trinajstić information content (AvgIpc) is 2.70. The van der Waals surface area contributed by atoms with Crippen molar-refractivity contribution in [1.29, 1.82) is 0 Å². The fourth-order valence-corrected chi connectivity index (χ4v) is 2.98. The van der Waals surface area contributed by atoms with Gasteiger partial charge < -0.3 is 14.5 Å². The van der Waals surface area contributed by atoms with Crippen LogP contribution in [0.15, 0.2) is 12.1 Å². The molecule has 2 aromatic rings. The second-order valence-corrected chi connectivity index (χ2v) is 6.00. The van der Waals surface area contributed by atoms with Crippen LogP contribution in [0.3, 0.4) is 0 Å². The number of aromatic amines is 1. The predicted molar refractivity (Wildman–Crippen MR) is 89.5 cm³/mol. The number of imidazole rings is 1. The highest BCUT2D eigenvalue weighted by Crippen LogP contribution is 2.27. The van der Waals surface area contributed by atoms with Crippen LogP contribution in [0.25, 0.3) is 11.0 Å². The second-order valence-electron chi connectivity index (χ2n) is 4.80. The van der Waals surface area contributed by atoms with Crippen molar-refractivity contribution in [3.63, 3.8) is 0 Å². The topological polar surface area (TPSA) is 24.0 Å². The molecule has 0 unspecified atom stereocenters. The van der Waals surface area contributed by atoms with Crippen LogP contribution >= 0.6 is 35.4 Å². The number of fused-ring (bicyclic) bond motifs is 1. The minimum absolute atomic E-state index is 0.545. The number of aromatic nitrogens is 2. The lowest BCUT2D eigenvalue weighted by molar-refractivity contribution is 0.277. The molecular formula is C14H19Cl2N3S. The van der Waals surface area contributed by atoms with Crippen molar-refractivity contribution in [2.45, 2.75) is 26.8 Å². The molecule has 110 valence electrons. The molecule has 0 spiro atoms. The first-order valence-electron chi connectivity index (χ1n) is 6.86. The third kappa shape index (κ3) is 3.37. The van der Waals surface area contributed by atoms with E-state index < -0.39 is 0 Å². The summed E-state index contributed by atoms with van der Waals surface area (Å²) < 4.78 is 2.80. The van der Waals surface area contributed by atoms with Crippen molar-refractivity contribution in [3.05, 3.63) is 26.9 Å². The Morgan fingerprint density at radius 3 is 2.55 bits per heavy atom. The Balaban J connectivity index is 2.27. The Labute approximate surface area is 134 Å². The van der Waals surface area contributed by atoms with E-state index in [1.54, 1.807) is 0 Å². The fraction of sp³-hybridized carbons (Fsp3) is 0.500. The zero-order valence-electron chi connectivity index (χ0n) is 11.7. The fourth-order valence-electron chi connectivity index (χ4n) is 2.36. The Kier molecular flexibility index (Phi) is 5.49. The van der Waals surface area contributed by atoms with Crippen molar-refractivity contribution in [2.75, 3.05) is 19.6 Å². The van der Waals surface area contributed by atoms with Crippen LogP contribution in [-0.4, -0.2) is 34.1 Å². The molecule has 2 rings (SSSR count). The lowest BCUT2D eigenvalue weighted by Crippen LogP contribution is -2.28. The lowest BCUT2D eigenvalue weighted by Gasteiger charge is -2.19. The van der Waals surface area contributed by atoms with Crippen LogP contribution in [0.1, 0.15) is 20.3 Å². The van der Waals surface area contributed by atoms with Crippen molar-refractivity contribution < 1.29 is 0 Å². The summed E-state index contributed by atoms with van der Waals surface area (Å²) >= 11 is 17.5. The van der Waals surface area contributed by atoms with E-state index in [1.165, 1.54) is 0 Å². The number of likely N-dealkylation sites (N-methyl/N-ethyl adjacent to an activating group) is 1. The van der Waals surface area contributed by atoms with Gasteiger partial charge >= 0.3 is 0 Å². The number of nitrogens with zero attached hydrogens (tertiary/aromatic N) is 2. The van der Waals surface area contributed by atoms with E-state index in [-0.39, 0.29) is 0 Å². The number of nitrogens with one attached hydrogen (secondary N) is 1. The highest BCUT2D eigenvalue weighted by Gasteiger charge is 2.09. The monoisotopic (exact) mass is 331 g/mol. The summed E-state index contributed by atoms with van der Waals surface area (Å²) in [5.74, 6) is 0. The molecule has 0 fully saturated rings. The Morgan fingerprint density at radius 2 is 1.90 bits per heavy atom. The van der Waals surface area contributed by atoms with Crippen molar-refractivity contribution in [3.8, 4) is 0 Å². The summed E-state index contributed by atoms with van der Waals surface area (Å²) in [5, 5.41) is 1.10. The van der Waals surface area contributed by atoms with Crippen LogP contribution in [0.2, 0.25) is 10.0 Å². The maximum atomic E-state index is 6.11. The third-order valence-corrected chi connectivity index (χ3v) is 4.49. The quantitative estimate of drug-likeness (QED) is 0.773. The second kappa shape index (κ2) is 6.94. The molecule has 1 heterocycles. The van der Waals surface area contributed by atoms with Crippen LogP contribution in [0.5, 0.6) is 0 Å². The standard InChI is InChI=1S/C14H19Cl2N3S/c1-3-5-18(4-2)6-7-19-13-9-11(16)10(15)8-12(13)17-14(19)20/h8-9H,3-7H2,1-2H3,(H,17,20). The first-order chi connectivity index (χ1) is 9.56. The van der Waals surface area contributed by atoms with Gasteiger partial charge in [-0.1, -0.05) is 37.0 Å². The van der Waals surface area contributed by atoms with Gasteiger partial charge in [-0.15, -0.1) is 0 Å². The smallest absolute Gasteiger partial charge is 0.178 e. The van der Waals surface area contributed by atoms with E-state index in [1.807, 2.05) is 12.1 Å². The first-order valence-corrected chi connectivity index (χ1v) is 8.03. The molecule has 1 N–H and O–H groups in total. The molecule has 0 saturated heterocycles. The summed E-state index contributed by atoms with van der Waals surface area (Å²) in [4.78, 5) is 5.60. The van der Waals surface area contributed by atoms with Gasteiger partial charge in [0.05, 0.1) is 21.1 Å². The number of halogens is 2. The SMILES string of the molecule is CCCN(CC)CCn1c(=S)[nH]c2cc(Cl)c(Cl)cc21. The minimum atomic E-state index is 0.545. The molecule has 0 aliphatic heterocycles. The number of hydrogen-bond donors (Lipinski definition) is 1. The average molecular weight is 332 g/mol. The molecule has 6 heteroatoms. The van der Waals surface area contributed by atoms with Gasteiger partial charge in [-0.05, 0) is 43.9 Å². The molecule has 0 aliphatic carbocycles. The molecule has 0 atom stereocenters. The van der Waals surface area contributed by atoms with Gasteiger partial charge in [-0.25, -0.2) is 0 Å². The van der Waals surface area contributed by atoms with Crippen LogP contribution in [0, 0.1) is 4.77 Å². The van der Waals surface area contributed by atoms with Gasteiger partial charge in [0.1, 0.15) is 0 Å². The van der Waals surface area contributed by atoms with E-state index in [4.69, 9.17) is 35.4 Å². The maximum absolute atomic E-state index is 6.11. The van der Waals surface area contributed by atoms with E-state index >= 15 is 0 Å². The molecule has 20 heavy (non-hydrogen) atoms. The van der Waals surface area contributed by atoms with E-state index in [0.29, 0.717) is 14.8 Å². The molecule has 0 radical (unpaired) electrons. The van der Waals surface area contributed by atoms with Gasteiger partial charge in [-0.3, -0.25) is 0 Å². The number of benzene rings is 1. The van der Waals surface area contributed by atoms with E-state index in [0.717, 1.165) is 43.6 Å². The highest BCUT2D eigenvalue weighted by atomic mass is 35.5. The molecule has 0 bridgehead atoms.